The van der Waals surface area contributed by atoms with Crippen LogP contribution in [0, 0.1) is 23.7 Å². The van der Waals surface area contributed by atoms with Gasteiger partial charge in [0.2, 0.25) is 17.7 Å². The van der Waals surface area contributed by atoms with Crippen LogP contribution in [0.15, 0.2) is 12.2 Å². The molecule has 3 rings (SSSR count). The normalized spacial score (nSPS) is 31.5. The lowest BCUT2D eigenvalue weighted by Gasteiger charge is -2.32. The molecule has 168 valence electrons. The molecule has 1 aliphatic carbocycles. The molecular weight excluding hydrogens is 388 g/mol. The van der Waals surface area contributed by atoms with Crippen molar-refractivity contribution in [1.29, 1.82) is 0 Å². The highest BCUT2D eigenvalue weighted by molar-refractivity contribution is 5.96. The van der Waals surface area contributed by atoms with Crippen LogP contribution in [-0.2, 0) is 19.1 Å². The zero-order chi connectivity index (χ0) is 21.7. The van der Waals surface area contributed by atoms with Crippen LogP contribution in [-0.4, -0.2) is 98.3 Å². The topological polar surface area (TPSA) is 111 Å². The summed E-state index contributed by atoms with van der Waals surface area (Å²) in [6, 6.07) is -0.658. The molecule has 0 saturated carbocycles. The van der Waals surface area contributed by atoms with Gasteiger partial charge < -0.3 is 25.4 Å². The summed E-state index contributed by atoms with van der Waals surface area (Å²) >= 11 is 0. The summed E-state index contributed by atoms with van der Waals surface area (Å²) in [7, 11) is 1.57. The van der Waals surface area contributed by atoms with E-state index >= 15 is 0 Å². The molecule has 30 heavy (non-hydrogen) atoms. The number of carbonyl (C=O) groups is 3. The van der Waals surface area contributed by atoms with Gasteiger partial charge in [-0.25, -0.2) is 0 Å². The minimum atomic E-state index is -0.658. The number of aliphatic hydroxyl groups excluding tert-OH is 1. The molecule has 2 aliphatic heterocycles. The number of amides is 3. The Kier molecular flexibility index (Phi) is 7.85. The van der Waals surface area contributed by atoms with E-state index in [4.69, 9.17) is 4.74 Å². The lowest BCUT2D eigenvalue weighted by Crippen LogP contribution is -2.49. The third kappa shape index (κ3) is 4.68. The van der Waals surface area contributed by atoms with Gasteiger partial charge in [0.05, 0.1) is 25.0 Å². The second-order valence-electron chi connectivity index (χ2n) is 8.29. The number of ether oxygens (including phenoxy) is 1. The first kappa shape index (κ1) is 22.7. The third-order valence-corrected chi connectivity index (χ3v) is 6.48. The third-order valence-electron chi connectivity index (χ3n) is 6.48. The first-order valence-electron chi connectivity index (χ1n) is 10.9. The highest BCUT2D eigenvalue weighted by atomic mass is 16.5. The smallest absolute Gasteiger partial charge is 0.243 e. The lowest BCUT2D eigenvalue weighted by molar-refractivity contribution is -0.140. The summed E-state index contributed by atoms with van der Waals surface area (Å²) in [5.74, 6) is -2.04. The molecule has 0 radical (unpaired) electrons. The van der Waals surface area contributed by atoms with Crippen molar-refractivity contribution in [2.75, 3.05) is 59.6 Å². The van der Waals surface area contributed by atoms with Crippen molar-refractivity contribution in [2.45, 2.75) is 19.4 Å². The van der Waals surface area contributed by atoms with E-state index in [2.05, 4.69) is 15.5 Å². The quantitative estimate of drug-likeness (QED) is 0.425. The van der Waals surface area contributed by atoms with Gasteiger partial charge >= 0.3 is 0 Å². The molecule has 0 aromatic rings. The number of hydrogen-bond acceptors (Lipinski definition) is 6. The SMILES string of the molecule is CNC(=O)[C@H]1[C@H]2C(=O)N(CCCO)[C@H](C(=O)NCCN3CCOCC3)[C@H]2C=C[C@H]1C. The van der Waals surface area contributed by atoms with Gasteiger partial charge in [0.1, 0.15) is 6.04 Å². The second-order valence-corrected chi connectivity index (χ2v) is 8.29. The van der Waals surface area contributed by atoms with Crippen molar-refractivity contribution in [3.05, 3.63) is 12.2 Å². The number of allylic oxidation sites excluding steroid dienone is 1. The standard InChI is InChI=1S/C21H34N4O5/c1-14-4-5-15-17(16(14)19(27)22-2)21(29)25(7-3-11-26)18(15)20(28)23-6-8-24-9-12-30-13-10-24/h4-5,14-18,26H,3,6-13H2,1-2H3,(H,22,27)(H,23,28)/t14-,15+,16-,17+,18+/m1/s1. The number of nitrogens with one attached hydrogen (secondary N) is 2. The molecule has 9 nitrogen and oxygen atoms in total. The van der Waals surface area contributed by atoms with Crippen molar-refractivity contribution in [2.24, 2.45) is 23.7 Å². The lowest BCUT2D eigenvalue weighted by atomic mass is 9.70. The van der Waals surface area contributed by atoms with Gasteiger partial charge in [-0.1, -0.05) is 19.1 Å². The number of rotatable bonds is 8. The highest BCUT2D eigenvalue weighted by Crippen LogP contribution is 2.43. The summed E-state index contributed by atoms with van der Waals surface area (Å²) < 4.78 is 5.34. The van der Waals surface area contributed by atoms with E-state index in [1.165, 1.54) is 0 Å². The van der Waals surface area contributed by atoms with E-state index in [1.54, 1.807) is 11.9 Å². The average Bonchev–Trinajstić information content (AvgIpc) is 3.04. The van der Waals surface area contributed by atoms with E-state index in [-0.39, 0.29) is 36.2 Å². The van der Waals surface area contributed by atoms with Crippen LogP contribution >= 0.6 is 0 Å². The van der Waals surface area contributed by atoms with Crippen molar-refractivity contribution in [3.8, 4) is 0 Å². The molecule has 3 N–H and O–H groups in total. The Labute approximate surface area is 177 Å². The Balaban J connectivity index is 1.74. The summed E-state index contributed by atoms with van der Waals surface area (Å²) in [5.41, 5.74) is 0. The Morgan fingerprint density at radius 3 is 2.60 bits per heavy atom. The summed E-state index contributed by atoms with van der Waals surface area (Å²) in [4.78, 5) is 42.8. The van der Waals surface area contributed by atoms with Gasteiger partial charge in [0.25, 0.3) is 0 Å². The van der Waals surface area contributed by atoms with Crippen molar-refractivity contribution < 1.29 is 24.2 Å². The monoisotopic (exact) mass is 422 g/mol. The van der Waals surface area contributed by atoms with Crippen LogP contribution in [0.1, 0.15) is 13.3 Å². The van der Waals surface area contributed by atoms with Gasteiger partial charge in [0, 0.05) is 52.3 Å². The maximum Gasteiger partial charge on any atom is 0.243 e. The Hall–Kier alpha value is -1.97. The predicted octanol–water partition coefficient (Wildman–Crippen LogP) is -1.17. The van der Waals surface area contributed by atoms with Gasteiger partial charge in [0.15, 0.2) is 0 Å². The average molecular weight is 423 g/mol. The van der Waals surface area contributed by atoms with E-state index in [0.29, 0.717) is 32.7 Å². The molecular formula is C21H34N4O5. The van der Waals surface area contributed by atoms with Crippen molar-refractivity contribution in [1.82, 2.24) is 20.4 Å². The molecule has 9 heteroatoms. The van der Waals surface area contributed by atoms with Crippen molar-refractivity contribution >= 4 is 17.7 Å². The Bertz CT molecular complexity index is 664. The zero-order valence-electron chi connectivity index (χ0n) is 17.9. The maximum absolute atomic E-state index is 13.3. The van der Waals surface area contributed by atoms with Crippen LogP contribution in [0.5, 0.6) is 0 Å². The number of likely N-dealkylation sites (tertiary alicyclic amines) is 1. The van der Waals surface area contributed by atoms with Crippen LogP contribution in [0.4, 0.5) is 0 Å². The van der Waals surface area contributed by atoms with Crippen LogP contribution in [0.2, 0.25) is 0 Å². The molecule has 3 aliphatic rings. The van der Waals surface area contributed by atoms with Gasteiger partial charge in [-0.3, -0.25) is 19.3 Å². The molecule has 2 heterocycles. The fourth-order valence-electron chi connectivity index (χ4n) is 4.91. The van der Waals surface area contributed by atoms with Gasteiger partial charge in [-0.2, -0.15) is 0 Å². The number of carbonyl (C=O) groups excluding carboxylic acids is 3. The predicted molar refractivity (Wildman–Crippen MR) is 110 cm³/mol. The maximum atomic E-state index is 13.3. The molecule has 0 spiro atoms. The molecule has 0 bridgehead atoms. The van der Waals surface area contributed by atoms with Crippen LogP contribution in [0.3, 0.4) is 0 Å². The van der Waals surface area contributed by atoms with Gasteiger partial charge in [-0.05, 0) is 12.3 Å². The number of fused-ring (bicyclic) bond motifs is 1. The van der Waals surface area contributed by atoms with Crippen molar-refractivity contribution in [3.63, 3.8) is 0 Å². The molecule has 2 fully saturated rings. The van der Waals surface area contributed by atoms with E-state index in [0.717, 1.165) is 19.6 Å². The number of nitrogens with zero attached hydrogens (tertiary/aromatic N) is 2. The molecule has 5 atom stereocenters. The fourth-order valence-corrected chi connectivity index (χ4v) is 4.91. The molecule has 0 aromatic carbocycles. The fraction of sp³-hybridized carbons (Fsp3) is 0.762. The minimum Gasteiger partial charge on any atom is -0.396 e. The molecule has 0 unspecified atom stereocenters. The first-order chi connectivity index (χ1) is 14.5. The molecule has 0 aromatic heterocycles. The number of hydrogen-bond donors (Lipinski definition) is 3. The largest absolute Gasteiger partial charge is 0.396 e. The first-order valence-corrected chi connectivity index (χ1v) is 10.9. The zero-order valence-corrected chi connectivity index (χ0v) is 17.9. The van der Waals surface area contributed by atoms with Crippen LogP contribution < -0.4 is 10.6 Å². The van der Waals surface area contributed by atoms with E-state index in [1.807, 2.05) is 19.1 Å². The number of aliphatic hydroxyl groups is 1. The second kappa shape index (κ2) is 10.4. The summed E-state index contributed by atoms with van der Waals surface area (Å²) in [6.07, 6.45) is 4.27. The van der Waals surface area contributed by atoms with Gasteiger partial charge in [-0.15, -0.1) is 0 Å². The van der Waals surface area contributed by atoms with Crippen LogP contribution in [0.25, 0.3) is 0 Å². The Morgan fingerprint density at radius 2 is 1.93 bits per heavy atom. The van der Waals surface area contributed by atoms with E-state index in [9.17, 15) is 19.5 Å². The highest BCUT2D eigenvalue weighted by Gasteiger charge is 2.56. The summed E-state index contributed by atoms with van der Waals surface area (Å²) in [6.45, 7) is 6.48. The number of morpholine rings is 1. The molecule has 3 amide bonds. The minimum absolute atomic E-state index is 0.0599. The summed E-state index contributed by atoms with van der Waals surface area (Å²) in [5, 5.41) is 14.9. The van der Waals surface area contributed by atoms with E-state index < -0.39 is 17.9 Å². The molecule has 2 saturated heterocycles. The Morgan fingerprint density at radius 1 is 1.20 bits per heavy atom.